The number of rotatable bonds is 9. The van der Waals surface area contributed by atoms with E-state index in [2.05, 4.69) is 16.0 Å². The molecule has 28 heavy (non-hydrogen) atoms. The zero-order chi connectivity index (χ0) is 21.1. The van der Waals surface area contributed by atoms with E-state index in [1.165, 1.54) is 18.7 Å². The normalized spacial score (nSPS) is 12.6. The van der Waals surface area contributed by atoms with E-state index >= 15 is 0 Å². The summed E-state index contributed by atoms with van der Waals surface area (Å²) in [5.41, 5.74) is 0.417. The van der Waals surface area contributed by atoms with Crippen molar-refractivity contribution in [2.24, 2.45) is 0 Å². The Kier molecular flexibility index (Phi) is 10.1. The van der Waals surface area contributed by atoms with Gasteiger partial charge < -0.3 is 15.4 Å². The van der Waals surface area contributed by atoms with Crippen molar-refractivity contribution in [3.63, 3.8) is 0 Å². The van der Waals surface area contributed by atoms with E-state index in [9.17, 15) is 19.2 Å². The van der Waals surface area contributed by atoms with Crippen LogP contribution in [0.5, 0.6) is 0 Å². The maximum absolute atomic E-state index is 12.5. The lowest BCUT2D eigenvalue weighted by atomic mass is 10.1. The van der Waals surface area contributed by atoms with Gasteiger partial charge in [-0.15, -0.1) is 0 Å². The van der Waals surface area contributed by atoms with Gasteiger partial charge in [-0.05, 0) is 51.3 Å². The van der Waals surface area contributed by atoms with Gasteiger partial charge in [0.05, 0.1) is 0 Å². The zero-order valence-corrected chi connectivity index (χ0v) is 17.3. The van der Waals surface area contributed by atoms with Crippen molar-refractivity contribution in [1.29, 1.82) is 0 Å². The molecule has 0 bridgehead atoms. The lowest BCUT2D eigenvalue weighted by molar-refractivity contribution is -0.156. The van der Waals surface area contributed by atoms with Gasteiger partial charge in [-0.25, -0.2) is 9.59 Å². The number of carbonyl (C=O) groups is 4. The van der Waals surface area contributed by atoms with Gasteiger partial charge in [0.2, 0.25) is 0 Å². The average molecular weight is 410 g/mol. The van der Waals surface area contributed by atoms with Gasteiger partial charge in [0.25, 0.3) is 11.8 Å². The molecular weight excluding hydrogens is 382 g/mol. The molecular formula is C19H27N3O5S. The highest BCUT2D eigenvalue weighted by Gasteiger charge is 2.27. The van der Waals surface area contributed by atoms with Gasteiger partial charge in [0.1, 0.15) is 6.04 Å². The molecule has 1 aromatic carbocycles. The SMILES string of the molecule is CSCC[C@H](NC(=O)c1ccccc1)C(=O)O[C@H](C)C(=O)NC(=O)NC(C)C. The zero-order valence-electron chi connectivity index (χ0n) is 16.5. The molecule has 9 heteroatoms. The summed E-state index contributed by atoms with van der Waals surface area (Å²) < 4.78 is 5.16. The second-order valence-electron chi connectivity index (χ2n) is 6.37. The molecule has 4 amide bonds. The summed E-state index contributed by atoms with van der Waals surface area (Å²) >= 11 is 1.52. The first-order valence-corrected chi connectivity index (χ1v) is 10.3. The largest absolute Gasteiger partial charge is 0.451 e. The van der Waals surface area contributed by atoms with Crippen LogP contribution in [0.15, 0.2) is 30.3 Å². The Balaban J connectivity index is 2.69. The number of imide groups is 1. The summed E-state index contributed by atoms with van der Waals surface area (Å²) in [5.74, 6) is -1.27. The third-order valence-electron chi connectivity index (χ3n) is 3.56. The molecule has 0 aliphatic carbocycles. The van der Waals surface area contributed by atoms with E-state index in [0.29, 0.717) is 17.7 Å². The summed E-state index contributed by atoms with van der Waals surface area (Å²) in [6.45, 7) is 4.86. The lowest BCUT2D eigenvalue weighted by Crippen LogP contribution is -2.48. The predicted molar refractivity (Wildman–Crippen MR) is 108 cm³/mol. The number of nitrogens with one attached hydrogen (secondary N) is 3. The number of hydrogen-bond donors (Lipinski definition) is 3. The minimum atomic E-state index is -1.18. The number of urea groups is 1. The number of esters is 1. The Morgan fingerprint density at radius 3 is 2.25 bits per heavy atom. The topological polar surface area (TPSA) is 114 Å². The molecule has 0 aromatic heterocycles. The summed E-state index contributed by atoms with van der Waals surface area (Å²) in [4.78, 5) is 48.4. The monoisotopic (exact) mass is 409 g/mol. The lowest BCUT2D eigenvalue weighted by Gasteiger charge is -2.20. The first-order valence-electron chi connectivity index (χ1n) is 8.91. The molecule has 1 rings (SSSR count). The molecule has 0 heterocycles. The van der Waals surface area contributed by atoms with Crippen LogP contribution in [0.4, 0.5) is 4.79 Å². The molecule has 0 saturated carbocycles. The first-order chi connectivity index (χ1) is 13.2. The van der Waals surface area contributed by atoms with Crippen molar-refractivity contribution >= 4 is 35.6 Å². The average Bonchev–Trinajstić information content (AvgIpc) is 2.64. The molecule has 0 aliphatic rings. The van der Waals surface area contributed by atoms with Crippen LogP contribution in [0.3, 0.4) is 0 Å². The van der Waals surface area contributed by atoms with Crippen LogP contribution in [-0.2, 0) is 14.3 Å². The third-order valence-corrected chi connectivity index (χ3v) is 4.20. The van der Waals surface area contributed by atoms with E-state index < -0.39 is 36.0 Å². The van der Waals surface area contributed by atoms with Crippen molar-refractivity contribution in [2.75, 3.05) is 12.0 Å². The summed E-state index contributed by atoms with van der Waals surface area (Å²) in [6, 6.07) is 6.78. The number of ether oxygens (including phenoxy) is 1. The minimum absolute atomic E-state index is 0.144. The number of carbonyl (C=O) groups excluding carboxylic acids is 4. The molecule has 0 aliphatic heterocycles. The van der Waals surface area contributed by atoms with Crippen molar-refractivity contribution in [3.8, 4) is 0 Å². The molecule has 3 N–H and O–H groups in total. The predicted octanol–water partition coefficient (Wildman–Crippen LogP) is 1.70. The fourth-order valence-corrected chi connectivity index (χ4v) is 2.61. The van der Waals surface area contributed by atoms with E-state index in [-0.39, 0.29) is 6.04 Å². The van der Waals surface area contributed by atoms with Crippen LogP contribution < -0.4 is 16.0 Å². The molecule has 0 saturated heterocycles. The van der Waals surface area contributed by atoms with Crippen LogP contribution in [0.1, 0.15) is 37.6 Å². The van der Waals surface area contributed by atoms with Crippen LogP contribution >= 0.6 is 11.8 Å². The Bertz CT molecular complexity index is 681. The van der Waals surface area contributed by atoms with Crippen LogP contribution in [0.2, 0.25) is 0 Å². The van der Waals surface area contributed by atoms with Crippen molar-refractivity contribution in [3.05, 3.63) is 35.9 Å². The fraction of sp³-hybridized carbons (Fsp3) is 0.474. The summed E-state index contributed by atoms with van der Waals surface area (Å²) in [5, 5.41) is 7.25. The highest BCUT2D eigenvalue weighted by atomic mass is 32.2. The quantitative estimate of drug-likeness (QED) is 0.535. The first kappa shape index (κ1) is 23.5. The van der Waals surface area contributed by atoms with Crippen molar-refractivity contribution < 1.29 is 23.9 Å². The molecule has 2 atom stereocenters. The third kappa shape index (κ3) is 8.43. The van der Waals surface area contributed by atoms with Crippen molar-refractivity contribution in [2.45, 2.75) is 45.4 Å². The summed E-state index contributed by atoms with van der Waals surface area (Å²) in [6.07, 6.45) is 1.04. The Labute approximate surface area is 169 Å². The highest BCUT2D eigenvalue weighted by Crippen LogP contribution is 2.07. The smallest absolute Gasteiger partial charge is 0.329 e. The minimum Gasteiger partial charge on any atom is -0.451 e. The molecule has 0 unspecified atom stereocenters. The molecule has 8 nitrogen and oxygen atoms in total. The molecule has 0 spiro atoms. The van der Waals surface area contributed by atoms with Crippen LogP contribution in [-0.4, -0.2) is 54.0 Å². The molecule has 0 fully saturated rings. The number of thioether (sulfide) groups is 1. The van der Waals surface area contributed by atoms with Crippen molar-refractivity contribution in [1.82, 2.24) is 16.0 Å². The Hall–Kier alpha value is -2.55. The molecule has 1 aromatic rings. The maximum Gasteiger partial charge on any atom is 0.329 e. The van der Waals surface area contributed by atoms with Gasteiger partial charge >= 0.3 is 12.0 Å². The summed E-state index contributed by atoms with van der Waals surface area (Å²) in [7, 11) is 0. The maximum atomic E-state index is 12.5. The molecule has 0 radical (unpaired) electrons. The number of hydrogen-bond acceptors (Lipinski definition) is 6. The van der Waals surface area contributed by atoms with Gasteiger partial charge in [-0.3, -0.25) is 14.9 Å². The second kappa shape index (κ2) is 12.0. The second-order valence-corrected chi connectivity index (χ2v) is 7.36. The molecule has 154 valence electrons. The van der Waals surface area contributed by atoms with Gasteiger partial charge in [0, 0.05) is 11.6 Å². The number of benzene rings is 1. The van der Waals surface area contributed by atoms with E-state index in [0.717, 1.165) is 0 Å². The number of amides is 4. The standard InChI is InChI=1S/C19H27N3O5S/c1-12(2)20-19(26)22-16(23)13(3)27-18(25)15(10-11-28-4)21-17(24)14-8-6-5-7-9-14/h5-9,12-13,15H,10-11H2,1-4H3,(H,21,24)(H2,20,22,23,26)/t13-,15+/m1/s1. The fourth-order valence-electron chi connectivity index (χ4n) is 2.14. The van der Waals surface area contributed by atoms with E-state index in [1.807, 2.05) is 6.26 Å². The van der Waals surface area contributed by atoms with Gasteiger partial charge in [-0.1, -0.05) is 18.2 Å². The Morgan fingerprint density at radius 1 is 1.04 bits per heavy atom. The highest BCUT2D eigenvalue weighted by molar-refractivity contribution is 7.98. The van der Waals surface area contributed by atoms with Gasteiger partial charge in [-0.2, -0.15) is 11.8 Å². The van der Waals surface area contributed by atoms with Crippen LogP contribution in [0.25, 0.3) is 0 Å². The Morgan fingerprint density at radius 2 is 1.68 bits per heavy atom. The van der Waals surface area contributed by atoms with E-state index in [1.54, 1.807) is 44.2 Å². The van der Waals surface area contributed by atoms with Gasteiger partial charge in [0.15, 0.2) is 6.10 Å². The van der Waals surface area contributed by atoms with E-state index in [4.69, 9.17) is 4.74 Å². The van der Waals surface area contributed by atoms with Crippen LogP contribution in [0, 0.1) is 0 Å².